The van der Waals surface area contributed by atoms with Crippen molar-refractivity contribution in [3.63, 3.8) is 0 Å². The van der Waals surface area contributed by atoms with Crippen LogP contribution >= 0.6 is 0 Å². The van der Waals surface area contributed by atoms with Crippen molar-refractivity contribution >= 4 is 39.7 Å². The predicted molar refractivity (Wildman–Crippen MR) is 337 cm³/mol. The zero-order valence-electron chi connectivity index (χ0n) is 51.6. The van der Waals surface area contributed by atoms with Crippen molar-refractivity contribution in [2.45, 2.75) is 237 Å². The summed E-state index contributed by atoms with van der Waals surface area (Å²) in [6, 6.07) is 32.2. The minimum absolute atomic E-state index is 0.131. The molecule has 0 unspecified atom stereocenters. The summed E-state index contributed by atoms with van der Waals surface area (Å²) in [6.07, 6.45) is 0. The van der Waals surface area contributed by atoms with E-state index in [4.69, 9.17) is 0 Å². The SMILES string of the molecule is CC(C)c1cc(C(C)C)c(-c2cccc(-c3c(C(C)C)cc(C(C)C)cc3C(C)C)c2[Te][Te](F)(F)c2c(-c3c(C(C)C)cc(C(C)C)cc3C(C)C)cccc2-c2c(C(C)C)cc(C(C)C)cc2C(C)C)c(C(C)C)c1. The Kier molecular flexibility index (Phi) is 20.4. The summed E-state index contributed by atoms with van der Waals surface area (Å²) >= 11 is -8.62. The fourth-order valence-corrected chi connectivity index (χ4v) is 28.7. The van der Waals surface area contributed by atoms with Gasteiger partial charge in [-0.3, -0.25) is 0 Å². The molecule has 0 heterocycles. The van der Waals surface area contributed by atoms with E-state index in [1.54, 1.807) is 0 Å². The molecule has 4 heteroatoms. The average molecular weight is 1260 g/mol. The first-order chi connectivity index (χ1) is 35.4. The van der Waals surface area contributed by atoms with Gasteiger partial charge in [0.15, 0.2) is 0 Å². The molecule has 0 N–H and O–H groups in total. The summed E-state index contributed by atoms with van der Waals surface area (Å²) in [7, 11) is 0. The van der Waals surface area contributed by atoms with Crippen molar-refractivity contribution in [3.05, 3.63) is 152 Å². The Morgan fingerprint density at radius 3 is 0.645 bits per heavy atom. The van der Waals surface area contributed by atoms with Crippen LogP contribution in [0.1, 0.15) is 304 Å². The summed E-state index contributed by atoms with van der Waals surface area (Å²) in [6.45, 7) is 54.7. The van der Waals surface area contributed by atoms with Crippen LogP contribution in [0.4, 0.5) is 5.78 Å². The molecule has 6 rings (SSSR count). The average Bonchev–Trinajstić information content (AvgIpc) is 3.33. The fourth-order valence-electron chi connectivity index (χ4n) is 11.4. The second-order valence-corrected chi connectivity index (χ2v) is 42.4. The van der Waals surface area contributed by atoms with Crippen LogP contribution in [0.15, 0.2) is 84.9 Å². The second-order valence-electron chi connectivity index (χ2n) is 26.0. The van der Waals surface area contributed by atoms with E-state index in [9.17, 15) is 0 Å². The van der Waals surface area contributed by atoms with Crippen LogP contribution < -0.4 is 7.22 Å². The first-order valence-corrected chi connectivity index (χ1v) is 40.7. The molecule has 6 aromatic rings. The Morgan fingerprint density at radius 1 is 0.276 bits per heavy atom. The topological polar surface area (TPSA) is 0 Å². The maximum atomic E-state index is 20.5. The van der Waals surface area contributed by atoms with Gasteiger partial charge in [0.2, 0.25) is 0 Å². The summed E-state index contributed by atoms with van der Waals surface area (Å²) in [5, 5.41) is 0. The molecule has 0 amide bonds. The molecule has 412 valence electrons. The maximum absolute atomic E-state index is 20.5. The van der Waals surface area contributed by atoms with E-state index in [0.29, 0.717) is 27.3 Å². The Morgan fingerprint density at radius 2 is 0.461 bits per heavy atom. The molecule has 0 bridgehead atoms. The first kappa shape index (κ1) is 62.0. The third kappa shape index (κ3) is 12.8. The van der Waals surface area contributed by atoms with Gasteiger partial charge >= 0.3 is 479 Å². The van der Waals surface area contributed by atoms with E-state index in [-0.39, 0.29) is 47.3 Å². The van der Waals surface area contributed by atoms with E-state index in [1.165, 1.54) is 77.9 Å². The number of benzene rings is 6. The third-order valence-corrected chi connectivity index (χ3v) is 31.4. The Balaban J connectivity index is 1.93. The molecule has 0 fully saturated rings. The zero-order valence-corrected chi connectivity index (χ0v) is 56.2. The van der Waals surface area contributed by atoms with Gasteiger partial charge in [-0.05, 0) is 0 Å². The normalized spacial score (nSPS) is 13.0. The molecule has 0 saturated heterocycles. The molecule has 76 heavy (non-hydrogen) atoms. The molecule has 6 aromatic carbocycles. The number of hydrogen-bond donors (Lipinski definition) is 0. The van der Waals surface area contributed by atoms with Gasteiger partial charge in [0.05, 0.1) is 0 Å². The van der Waals surface area contributed by atoms with Crippen molar-refractivity contribution in [1.29, 1.82) is 0 Å². The molecule has 0 aliphatic carbocycles. The van der Waals surface area contributed by atoms with Crippen LogP contribution in [0, 0.1) is 0 Å². The second kappa shape index (κ2) is 25.1. The fraction of sp³-hybridized carbons (Fsp3) is 0.500. The molecular weight excluding hydrogens is 1160 g/mol. The summed E-state index contributed by atoms with van der Waals surface area (Å²) in [4.78, 5) is 0. The van der Waals surface area contributed by atoms with Gasteiger partial charge in [0.1, 0.15) is 0 Å². The molecule has 0 aliphatic rings. The number of halogens is 2. The third-order valence-electron chi connectivity index (χ3n) is 16.1. The number of rotatable bonds is 19. The van der Waals surface area contributed by atoms with E-state index >= 15 is 5.78 Å². The van der Waals surface area contributed by atoms with Crippen LogP contribution in [-0.2, 0) is 0 Å². The molecule has 0 aromatic heterocycles. The van der Waals surface area contributed by atoms with Crippen LogP contribution in [0.5, 0.6) is 0 Å². The van der Waals surface area contributed by atoms with E-state index in [2.05, 4.69) is 251 Å². The molecule has 0 saturated carbocycles. The Bertz CT molecular complexity index is 2700. The van der Waals surface area contributed by atoms with Gasteiger partial charge in [-0.15, -0.1) is 0 Å². The van der Waals surface area contributed by atoms with E-state index in [1.807, 2.05) is 0 Å². The van der Waals surface area contributed by atoms with Crippen LogP contribution in [-0.4, -0.2) is 32.5 Å². The van der Waals surface area contributed by atoms with Crippen LogP contribution in [0.3, 0.4) is 0 Å². The number of hydrogen-bond acceptors (Lipinski definition) is 0. The van der Waals surface area contributed by atoms with Gasteiger partial charge in [0, 0.05) is 0 Å². The molecule has 0 nitrogen and oxygen atoms in total. The van der Waals surface area contributed by atoms with Crippen molar-refractivity contribution < 1.29 is 5.78 Å². The van der Waals surface area contributed by atoms with Crippen molar-refractivity contribution in [2.75, 3.05) is 0 Å². The Labute approximate surface area is 475 Å². The van der Waals surface area contributed by atoms with Gasteiger partial charge in [-0.25, -0.2) is 0 Å². The van der Waals surface area contributed by atoms with E-state index in [0.717, 1.165) is 37.0 Å². The summed E-state index contributed by atoms with van der Waals surface area (Å²) in [5.74, 6) is 2.57. The van der Waals surface area contributed by atoms with E-state index < -0.39 is 32.5 Å². The van der Waals surface area contributed by atoms with Gasteiger partial charge < -0.3 is 0 Å². The summed E-state index contributed by atoms with van der Waals surface area (Å²) < 4.78 is 42.3. The van der Waals surface area contributed by atoms with Gasteiger partial charge in [0.25, 0.3) is 0 Å². The molecule has 0 atom stereocenters. The summed E-state index contributed by atoms with van der Waals surface area (Å²) in [5.41, 5.74) is 23.0. The predicted octanol–water partition coefficient (Wildman–Crippen LogP) is 22.0. The minimum atomic E-state index is -6.35. The quantitative estimate of drug-likeness (QED) is 0.0709. The molecule has 0 spiro atoms. The zero-order chi connectivity index (χ0) is 56.7. The molecule has 0 radical (unpaired) electrons. The Hall–Kier alpha value is -3.24. The monoisotopic (exact) mass is 1260 g/mol. The standard InChI is InChI=1S/C72H98F2Te2/c1-39(2)51-31-59(43(9)10)67(60(32-51)44(11)12)55-27-25-28-56(68-61(45(13)14)33-52(40(3)4)34-62(68)46(15)16)71(55)75-76(73,74)72-57(69-63(47(17)18)35-53(41(5)6)36-64(69)48(19)20)29-26-30-58(72)70-65(49(21)22)37-54(42(7)8)38-66(70)50(23)24/h25-50H,1-24H3. The van der Waals surface area contributed by atoms with Crippen LogP contribution in [0.2, 0.25) is 0 Å². The van der Waals surface area contributed by atoms with Crippen molar-refractivity contribution in [1.82, 2.24) is 0 Å². The van der Waals surface area contributed by atoms with Gasteiger partial charge in [-0.2, -0.15) is 0 Å². The van der Waals surface area contributed by atoms with Crippen LogP contribution in [0.25, 0.3) is 44.5 Å². The van der Waals surface area contributed by atoms with Gasteiger partial charge in [-0.1, -0.05) is 0 Å². The molecule has 0 aliphatic heterocycles. The first-order valence-electron chi connectivity index (χ1n) is 29.3. The van der Waals surface area contributed by atoms with Crippen molar-refractivity contribution in [2.24, 2.45) is 0 Å². The molecular formula is C72H98F2Te2. The van der Waals surface area contributed by atoms with Crippen molar-refractivity contribution in [3.8, 4) is 44.5 Å².